The summed E-state index contributed by atoms with van der Waals surface area (Å²) < 4.78 is 1.23. The summed E-state index contributed by atoms with van der Waals surface area (Å²) in [5, 5.41) is 1.20. The SMILES string of the molecule is Cc1ccccc1N1C(=O)C[C@@H](N2CCC(c3nc4ccccc4s3)CC2)C1=O. The Bertz CT molecular complexity index is 1050. The van der Waals surface area contributed by atoms with Crippen LogP contribution in [0.5, 0.6) is 0 Å². The summed E-state index contributed by atoms with van der Waals surface area (Å²) in [5.41, 5.74) is 2.74. The van der Waals surface area contributed by atoms with Gasteiger partial charge in [-0.15, -0.1) is 11.3 Å². The molecule has 5 rings (SSSR count). The number of aromatic nitrogens is 1. The molecule has 0 unspecified atom stereocenters. The number of nitrogens with zero attached hydrogens (tertiary/aromatic N) is 3. The fourth-order valence-electron chi connectivity index (χ4n) is 4.49. The number of thiazole rings is 1. The van der Waals surface area contributed by atoms with Gasteiger partial charge in [-0.05, 0) is 56.6 Å². The second-order valence-corrected chi connectivity index (χ2v) is 8.97. The molecular weight excluding hydrogens is 382 g/mol. The van der Waals surface area contributed by atoms with Crippen molar-refractivity contribution >= 4 is 39.1 Å². The van der Waals surface area contributed by atoms with Crippen molar-refractivity contribution in [2.24, 2.45) is 0 Å². The number of para-hydroxylation sites is 2. The van der Waals surface area contributed by atoms with Gasteiger partial charge < -0.3 is 0 Å². The predicted octanol–water partition coefficient (Wildman–Crippen LogP) is 4.12. The maximum Gasteiger partial charge on any atom is 0.251 e. The number of carbonyl (C=O) groups is 2. The summed E-state index contributed by atoms with van der Waals surface area (Å²) in [6.45, 7) is 3.59. The lowest BCUT2D eigenvalue weighted by molar-refractivity contribution is -0.123. The molecule has 2 aliphatic rings. The Kier molecular flexibility index (Phi) is 4.68. The summed E-state index contributed by atoms with van der Waals surface area (Å²) in [7, 11) is 0. The van der Waals surface area contributed by atoms with Gasteiger partial charge in [0.25, 0.3) is 5.91 Å². The molecule has 0 N–H and O–H groups in total. The van der Waals surface area contributed by atoms with E-state index >= 15 is 0 Å². The Balaban J connectivity index is 1.29. The minimum absolute atomic E-state index is 0.0808. The van der Waals surface area contributed by atoms with E-state index in [2.05, 4.69) is 23.1 Å². The number of piperidine rings is 1. The zero-order valence-corrected chi connectivity index (χ0v) is 17.2. The van der Waals surface area contributed by atoms with Gasteiger partial charge in [0.15, 0.2) is 0 Å². The van der Waals surface area contributed by atoms with E-state index in [9.17, 15) is 9.59 Å². The highest BCUT2D eigenvalue weighted by Crippen LogP contribution is 2.36. The number of imide groups is 1. The number of likely N-dealkylation sites (tertiary alicyclic amines) is 1. The molecule has 1 atom stereocenters. The number of hydrogen-bond donors (Lipinski definition) is 0. The number of amides is 2. The lowest BCUT2D eigenvalue weighted by Gasteiger charge is -2.34. The fourth-order valence-corrected chi connectivity index (χ4v) is 5.63. The van der Waals surface area contributed by atoms with Crippen LogP contribution in [0.1, 0.15) is 35.8 Å². The van der Waals surface area contributed by atoms with E-state index in [1.807, 2.05) is 37.3 Å². The minimum Gasteiger partial charge on any atom is -0.291 e. The van der Waals surface area contributed by atoms with Gasteiger partial charge in [0.2, 0.25) is 5.91 Å². The van der Waals surface area contributed by atoms with Crippen LogP contribution in [0.25, 0.3) is 10.2 Å². The summed E-state index contributed by atoms with van der Waals surface area (Å²) in [5.74, 6) is 0.258. The van der Waals surface area contributed by atoms with Crippen LogP contribution in [0.15, 0.2) is 48.5 Å². The number of rotatable bonds is 3. The van der Waals surface area contributed by atoms with Crippen molar-refractivity contribution < 1.29 is 9.59 Å². The van der Waals surface area contributed by atoms with Gasteiger partial charge in [-0.25, -0.2) is 9.88 Å². The smallest absolute Gasteiger partial charge is 0.251 e. The molecule has 2 aromatic carbocycles. The Morgan fingerprint density at radius 3 is 2.48 bits per heavy atom. The third-order valence-electron chi connectivity index (χ3n) is 6.11. The van der Waals surface area contributed by atoms with E-state index in [-0.39, 0.29) is 24.3 Å². The van der Waals surface area contributed by atoms with E-state index in [4.69, 9.17) is 4.98 Å². The number of hydrogen-bond acceptors (Lipinski definition) is 5. The first-order valence-electron chi connectivity index (χ1n) is 10.1. The van der Waals surface area contributed by atoms with Gasteiger partial charge in [0, 0.05) is 5.92 Å². The molecule has 0 saturated carbocycles. The van der Waals surface area contributed by atoms with Gasteiger partial charge in [-0.1, -0.05) is 30.3 Å². The molecule has 3 heterocycles. The lowest BCUT2D eigenvalue weighted by atomic mass is 9.96. The van der Waals surface area contributed by atoms with E-state index in [0.717, 1.165) is 42.7 Å². The normalized spacial score (nSPS) is 21.4. The molecule has 2 fully saturated rings. The third-order valence-corrected chi connectivity index (χ3v) is 7.31. The molecule has 2 aliphatic heterocycles. The number of carbonyl (C=O) groups excluding carboxylic acids is 2. The highest BCUT2D eigenvalue weighted by Gasteiger charge is 2.44. The molecule has 5 nitrogen and oxygen atoms in total. The van der Waals surface area contributed by atoms with Crippen molar-refractivity contribution in [2.45, 2.75) is 38.1 Å². The van der Waals surface area contributed by atoms with E-state index in [0.29, 0.717) is 5.92 Å². The van der Waals surface area contributed by atoms with Crippen LogP contribution >= 0.6 is 11.3 Å². The maximum atomic E-state index is 13.1. The number of anilines is 1. The zero-order chi connectivity index (χ0) is 20.0. The highest BCUT2D eigenvalue weighted by molar-refractivity contribution is 7.18. The standard InChI is InChI=1S/C23H23N3O2S/c1-15-6-2-4-8-18(15)26-21(27)14-19(23(26)28)25-12-10-16(11-13-25)22-24-17-7-3-5-9-20(17)29-22/h2-9,16,19H,10-14H2,1H3/t19-/m1/s1. The van der Waals surface area contributed by atoms with E-state index in [1.165, 1.54) is 14.6 Å². The summed E-state index contributed by atoms with van der Waals surface area (Å²) in [6.07, 6.45) is 2.23. The molecule has 3 aromatic rings. The molecule has 0 radical (unpaired) electrons. The van der Waals surface area contributed by atoms with E-state index in [1.54, 1.807) is 11.3 Å². The zero-order valence-electron chi connectivity index (χ0n) is 16.4. The monoisotopic (exact) mass is 405 g/mol. The molecule has 148 valence electrons. The minimum atomic E-state index is -0.335. The second-order valence-electron chi connectivity index (χ2n) is 7.90. The topological polar surface area (TPSA) is 53.5 Å². The summed E-state index contributed by atoms with van der Waals surface area (Å²) in [4.78, 5) is 34.1. The molecule has 0 aliphatic carbocycles. The molecule has 0 bridgehead atoms. The van der Waals surface area contributed by atoms with Gasteiger partial charge in [-0.2, -0.15) is 0 Å². The average molecular weight is 406 g/mol. The Morgan fingerprint density at radius 2 is 1.72 bits per heavy atom. The number of benzene rings is 2. The molecule has 29 heavy (non-hydrogen) atoms. The Morgan fingerprint density at radius 1 is 1.00 bits per heavy atom. The van der Waals surface area contributed by atoms with Crippen molar-refractivity contribution in [2.75, 3.05) is 18.0 Å². The van der Waals surface area contributed by atoms with Crippen LogP contribution in [-0.4, -0.2) is 40.8 Å². The van der Waals surface area contributed by atoms with Crippen LogP contribution in [0.3, 0.4) is 0 Å². The van der Waals surface area contributed by atoms with Crippen LogP contribution in [0.2, 0.25) is 0 Å². The van der Waals surface area contributed by atoms with Gasteiger partial charge in [0.1, 0.15) is 0 Å². The number of aryl methyl sites for hydroxylation is 1. The maximum absolute atomic E-state index is 13.1. The van der Waals surface area contributed by atoms with E-state index < -0.39 is 0 Å². The van der Waals surface area contributed by atoms with Crippen molar-refractivity contribution in [3.63, 3.8) is 0 Å². The first kappa shape index (κ1) is 18.5. The highest BCUT2D eigenvalue weighted by atomic mass is 32.1. The second kappa shape index (κ2) is 7.35. The van der Waals surface area contributed by atoms with Crippen LogP contribution in [0, 0.1) is 6.92 Å². The molecule has 2 amide bonds. The first-order valence-corrected chi connectivity index (χ1v) is 11.0. The number of fused-ring (bicyclic) bond motifs is 1. The molecular formula is C23H23N3O2S. The lowest BCUT2D eigenvalue weighted by Crippen LogP contribution is -2.45. The summed E-state index contributed by atoms with van der Waals surface area (Å²) >= 11 is 1.78. The third kappa shape index (κ3) is 3.26. The Labute approximate surface area is 174 Å². The fraction of sp³-hybridized carbons (Fsp3) is 0.348. The predicted molar refractivity (Wildman–Crippen MR) is 115 cm³/mol. The molecule has 0 spiro atoms. The van der Waals surface area contributed by atoms with Crippen molar-refractivity contribution in [3.8, 4) is 0 Å². The van der Waals surface area contributed by atoms with Gasteiger partial charge in [-0.3, -0.25) is 14.5 Å². The van der Waals surface area contributed by atoms with Crippen molar-refractivity contribution in [1.82, 2.24) is 9.88 Å². The van der Waals surface area contributed by atoms with Crippen molar-refractivity contribution in [1.29, 1.82) is 0 Å². The van der Waals surface area contributed by atoms with Crippen LogP contribution < -0.4 is 4.90 Å². The van der Waals surface area contributed by atoms with Gasteiger partial charge in [0.05, 0.1) is 33.4 Å². The summed E-state index contributed by atoms with van der Waals surface area (Å²) in [6, 6.07) is 15.5. The van der Waals surface area contributed by atoms with Crippen LogP contribution in [0.4, 0.5) is 5.69 Å². The first-order chi connectivity index (χ1) is 14.1. The van der Waals surface area contributed by atoms with Crippen molar-refractivity contribution in [3.05, 3.63) is 59.1 Å². The molecule has 6 heteroatoms. The van der Waals surface area contributed by atoms with Gasteiger partial charge >= 0.3 is 0 Å². The molecule has 1 aromatic heterocycles. The molecule has 2 saturated heterocycles. The van der Waals surface area contributed by atoms with Crippen LogP contribution in [-0.2, 0) is 9.59 Å². The Hall–Kier alpha value is -2.57. The average Bonchev–Trinajstić information content (AvgIpc) is 3.30. The quantitative estimate of drug-likeness (QED) is 0.615. The largest absolute Gasteiger partial charge is 0.291 e.